The first-order chi connectivity index (χ1) is 9.98. The third-order valence-electron chi connectivity index (χ3n) is 3.61. The van der Waals surface area contributed by atoms with Crippen LogP contribution in [0.15, 0.2) is 10.3 Å². The van der Waals surface area contributed by atoms with E-state index in [1.54, 1.807) is 10.4 Å². The number of hydrogen-bond donors (Lipinski definition) is 0. The predicted molar refractivity (Wildman–Crippen MR) is 86.6 cm³/mol. The van der Waals surface area contributed by atoms with Crippen molar-refractivity contribution in [3.05, 3.63) is 16.5 Å². The third-order valence-corrected chi connectivity index (χ3v) is 7.59. The van der Waals surface area contributed by atoms with Gasteiger partial charge in [0.2, 0.25) is 0 Å². The average molecular weight is 352 g/mol. The van der Waals surface area contributed by atoms with Crippen LogP contribution in [0.25, 0.3) is 0 Å². The van der Waals surface area contributed by atoms with Crippen molar-refractivity contribution >= 4 is 33.0 Å². The van der Waals surface area contributed by atoms with Crippen LogP contribution in [0.5, 0.6) is 0 Å². The summed E-state index contributed by atoms with van der Waals surface area (Å²) in [5.74, 6) is 0.355. The molecule has 1 aromatic heterocycles. The molecule has 2 rings (SSSR count). The van der Waals surface area contributed by atoms with E-state index in [1.165, 1.54) is 11.3 Å². The van der Waals surface area contributed by atoms with Gasteiger partial charge in [0.05, 0.1) is 12.0 Å². The summed E-state index contributed by atoms with van der Waals surface area (Å²) < 4.78 is 33.1. The fraction of sp³-hybridized carbons (Fsp3) is 0.714. The molecule has 1 aliphatic heterocycles. The molecule has 0 N–H and O–H groups in total. The Labute approximate surface area is 136 Å². The van der Waals surface area contributed by atoms with Crippen molar-refractivity contribution in [3.8, 4) is 0 Å². The van der Waals surface area contributed by atoms with Crippen LogP contribution in [0, 0.1) is 6.92 Å². The summed E-state index contributed by atoms with van der Waals surface area (Å²) in [5, 5.41) is 0. The number of aryl methyl sites for hydroxylation is 1. The molecule has 1 atom stereocenters. The number of halogens is 1. The molecule has 0 aliphatic carbocycles. The van der Waals surface area contributed by atoms with Gasteiger partial charge >= 0.3 is 0 Å². The molecule has 1 aromatic rings. The molecule has 21 heavy (non-hydrogen) atoms. The van der Waals surface area contributed by atoms with Crippen molar-refractivity contribution < 1.29 is 13.2 Å². The fourth-order valence-electron chi connectivity index (χ4n) is 2.42. The van der Waals surface area contributed by atoms with Crippen LogP contribution in [0.1, 0.15) is 36.6 Å². The summed E-state index contributed by atoms with van der Waals surface area (Å²) >= 11 is 7.12. The highest BCUT2D eigenvalue weighted by atomic mass is 35.5. The van der Waals surface area contributed by atoms with Crippen LogP contribution in [-0.4, -0.2) is 38.5 Å². The lowest BCUT2D eigenvalue weighted by molar-refractivity contribution is 0.0194. The number of alkyl halides is 1. The van der Waals surface area contributed by atoms with Gasteiger partial charge < -0.3 is 4.74 Å². The van der Waals surface area contributed by atoms with Gasteiger partial charge in [-0.2, -0.15) is 4.31 Å². The number of hydrogen-bond acceptors (Lipinski definition) is 4. The number of rotatable bonds is 6. The first-order valence-corrected chi connectivity index (χ1v) is 10.0. The summed E-state index contributed by atoms with van der Waals surface area (Å²) in [5.41, 5.74) is 0.948. The van der Waals surface area contributed by atoms with Crippen LogP contribution in [0.4, 0.5) is 0 Å². The first kappa shape index (κ1) is 17.2. The van der Waals surface area contributed by atoms with Gasteiger partial charge in [-0.1, -0.05) is 6.92 Å². The van der Waals surface area contributed by atoms with Crippen molar-refractivity contribution in [2.24, 2.45) is 0 Å². The maximum absolute atomic E-state index is 12.7. The molecule has 1 saturated heterocycles. The molecule has 7 heteroatoms. The van der Waals surface area contributed by atoms with Gasteiger partial charge in [-0.15, -0.1) is 22.9 Å². The molecule has 0 amide bonds. The summed E-state index contributed by atoms with van der Waals surface area (Å²) in [7, 11) is -3.42. The SMILES string of the molecule is CCCOC1CCCN(S(=O)(=O)c2cc(C)c(CCl)s2)C1. The Bertz CT molecular complexity index is 571. The Balaban J connectivity index is 2.14. The highest BCUT2D eigenvalue weighted by Crippen LogP contribution is 2.31. The standard InChI is InChI=1S/C14H22ClNO3S2/c1-3-7-19-12-5-4-6-16(10-12)21(17,18)14-8-11(2)13(9-15)20-14/h8,12H,3-7,9-10H2,1-2H3. The molecule has 0 spiro atoms. The largest absolute Gasteiger partial charge is 0.377 e. The van der Waals surface area contributed by atoms with Crippen LogP contribution in [0.2, 0.25) is 0 Å². The topological polar surface area (TPSA) is 46.6 Å². The van der Waals surface area contributed by atoms with Gasteiger partial charge in [0, 0.05) is 24.6 Å². The Morgan fingerprint density at radius 3 is 2.90 bits per heavy atom. The molecule has 0 saturated carbocycles. The molecule has 2 heterocycles. The van der Waals surface area contributed by atoms with Crippen molar-refractivity contribution in [2.75, 3.05) is 19.7 Å². The highest BCUT2D eigenvalue weighted by molar-refractivity contribution is 7.91. The molecule has 1 unspecified atom stereocenters. The van der Waals surface area contributed by atoms with E-state index in [4.69, 9.17) is 16.3 Å². The Morgan fingerprint density at radius 1 is 1.52 bits per heavy atom. The zero-order valence-electron chi connectivity index (χ0n) is 12.5. The molecule has 0 aromatic carbocycles. The second-order valence-corrected chi connectivity index (χ2v) is 8.87. The maximum Gasteiger partial charge on any atom is 0.252 e. The minimum Gasteiger partial charge on any atom is -0.377 e. The van der Waals surface area contributed by atoms with E-state index < -0.39 is 10.0 Å². The van der Waals surface area contributed by atoms with E-state index in [9.17, 15) is 8.42 Å². The number of nitrogens with zero attached hydrogens (tertiary/aromatic N) is 1. The van der Waals surface area contributed by atoms with Crippen LogP contribution in [0.3, 0.4) is 0 Å². The van der Waals surface area contributed by atoms with Gasteiger partial charge in [-0.25, -0.2) is 8.42 Å². The van der Waals surface area contributed by atoms with Crippen molar-refractivity contribution in [1.29, 1.82) is 0 Å². The third kappa shape index (κ3) is 3.99. The van der Waals surface area contributed by atoms with Gasteiger partial charge in [0.25, 0.3) is 10.0 Å². The Hall–Kier alpha value is -0.140. The zero-order valence-corrected chi connectivity index (χ0v) is 14.9. The Morgan fingerprint density at radius 2 is 2.29 bits per heavy atom. The van der Waals surface area contributed by atoms with Gasteiger partial charge in [0.15, 0.2) is 0 Å². The van der Waals surface area contributed by atoms with Crippen molar-refractivity contribution in [2.45, 2.75) is 49.3 Å². The van der Waals surface area contributed by atoms with E-state index >= 15 is 0 Å². The quantitative estimate of drug-likeness (QED) is 0.738. The van der Waals surface area contributed by atoms with Crippen LogP contribution >= 0.6 is 22.9 Å². The van der Waals surface area contributed by atoms with E-state index in [-0.39, 0.29) is 6.10 Å². The second kappa shape index (κ2) is 7.42. The van der Waals surface area contributed by atoms with Gasteiger partial charge in [0.1, 0.15) is 4.21 Å². The molecule has 1 aliphatic rings. The first-order valence-electron chi connectivity index (χ1n) is 7.26. The van der Waals surface area contributed by atoms with Crippen LogP contribution < -0.4 is 0 Å². The predicted octanol–water partition coefficient (Wildman–Crippen LogP) is 3.38. The summed E-state index contributed by atoms with van der Waals surface area (Å²) in [6.07, 6.45) is 2.75. The number of sulfonamides is 1. The smallest absolute Gasteiger partial charge is 0.252 e. The lowest BCUT2D eigenvalue weighted by atomic mass is 10.1. The molecule has 4 nitrogen and oxygen atoms in total. The van der Waals surface area contributed by atoms with Crippen molar-refractivity contribution in [3.63, 3.8) is 0 Å². The Kier molecular flexibility index (Phi) is 6.08. The monoisotopic (exact) mass is 351 g/mol. The minimum absolute atomic E-state index is 0.0158. The van der Waals surface area contributed by atoms with E-state index in [0.717, 1.165) is 29.7 Å². The van der Waals surface area contributed by atoms with Gasteiger partial charge in [-0.3, -0.25) is 0 Å². The highest BCUT2D eigenvalue weighted by Gasteiger charge is 2.32. The molecule has 0 bridgehead atoms. The maximum atomic E-state index is 12.7. The normalized spacial score (nSPS) is 20.8. The number of ether oxygens (including phenoxy) is 1. The van der Waals surface area contributed by atoms with E-state index in [1.807, 2.05) is 6.92 Å². The summed E-state index contributed by atoms with van der Waals surface area (Å²) in [6, 6.07) is 1.73. The molecule has 120 valence electrons. The molecular formula is C14H22ClNO3S2. The lowest BCUT2D eigenvalue weighted by Gasteiger charge is -2.31. The van der Waals surface area contributed by atoms with E-state index in [0.29, 0.717) is 29.8 Å². The average Bonchev–Trinajstić information content (AvgIpc) is 2.87. The molecular weight excluding hydrogens is 330 g/mol. The second-order valence-electron chi connectivity index (χ2n) is 5.30. The summed E-state index contributed by atoms with van der Waals surface area (Å²) in [6.45, 7) is 5.67. The molecule has 1 fully saturated rings. The van der Waals surface area contributed by atoms with Gasteiger partial charge in [-0.05, 0) is 37.8 Å². The lowest BCUT2D eigenvalue weighted by Crippen LogP contribution is -2.43. The van der Waals surface area contributed by atoms with Crippen molar-refractivity contribution in [1.82, 2.24) is 4.31 Å². The minimum atomic E-state index is -3.42. The van der Waals surface area contributed by atoms with Crippen LogP contribution in [-0.2, 0) is 20.6 Å². The van der Waals surface area contributed by atoms with E-state index in [2.05, 4.69) is 6.92 Å². The molecule has 0 radical (unpaired) electrons. The summed E-state index contributed by atoms with van der Waals surface area (Å²) in [4.78, 5) is 0.922. The zero-order chi connectivity index (χ0) is 15.5. The fourth-order valence-corrected chi connectivity index (χ4v) is 5.90. The number of thiophene rings is 1. The number of piperidine rings is 1.